The minimum atomic E-state index is -0.292. The molecule has 0 N–H and O–H groups in total. The van der Waals surface area contributed by atoms with Gasteiger partial charge in [-0.2, -0.15) is 5.10 Å². The van der Waals surface area contributed by atoms with Crippen molar-refractivity contribution in [3.63, 3.8) is 0 Å². The first-order valence-electron chi connectivity index (χ1n) is 11.5. The Bertz CT molecular complexity index is 1810. The van der Waals surface area contributed by atoms with Gasteiger partial charge < -0.3 is 4.74 Å². The molecular weight excluding hydrogens is 509 g/mol. The molecular formula is C27H17Cl2N7O. The molecule has 0 radical (unpaired) electrons. The standard InChI is InChI=1S/C27H17Cl2N7O/c1-15-21-22(16-6-5-11-30-13-16)23-25-32-24(19-9-2-3-10-20(19)29)34-35(25)14-31-26(23)37-27(21)36(33-15)18-8-4-7-17(28)12-18/h2-14,22H,1H3. The van der Waals surface area contributed by atoms with E-state index in [0.717, 1.165) is 33.6 Å². The van der Waals surface area contributed by atoms with E-state index in [1.165, 1.54) is 0 Å². The van der Waals surface area contributed by atoms with Crippen molar-refractivity contribution in [2.45, 2.75) is 12.8 Å². The van der Waals surface area contributed by atoms with Crippen LogP contribution in [0.3, 0.4) is 0 Å². The maximum atomic E-state index is 6.46. The van der Waals surface area contributed by atoms with Crippen LogP contribution in [-0.2, 0) is 0 Å². The number of nitrogens with zero attached hydrogens (tertiary/aromatic N) is 7. The lowest BCUT2D eigenvalue weighted by molar-refractivity contribution is 0.402. The van der Waals surface area contributed by atoms with E-state index in [9.17, 15) is 0 Å². The summed E-state index contributed by atoms with van der Waals surface area (Å²) in [5, 5.41) is 10.7. The van der Waals surface area contributed by atoms with Crippen LogP contribution in [-0.4, -0.2) is 34.3 Å². The van der Waals surface area contributed by atoms with E-state index in [2.05, 4.69) is 15.1 Å². The number of aromatic nitrogens is 7. The molecule has 0 saturated carbocycles. The third kappa shape index (κ3) is 3.48. The maximum Gasteiger partial charge on any atom is 0.230 e. The third-order valence-corrected chi connectivity index (χ3v) is 6.97. The number of aryl methyl sites for hydroxylation is 1. The van der Waals surface area contributed by atoms with Gasteiger partial charge in [0.25, 0.3) is 0 Å². The lowest BCUT2D eigenvalue weighted by Gasteiger charge is -2.26. The quantitative estimate of drug-likeness (QED) is 0.270. The van der Waals surface area contributed by atoms with Gasteiger partial charge in [0.05, 0.1) is 33.4 Å². The van der Waals surface area contributed by atoms with Gasteiger partial charge in [0, 0.05) is 23.0 Å². The maximum absolute atomic E-state index is 6.46. The molecule has 7 rings (SSSR count). The van der Waals surface area contributed by atoms with Gasteiger partial charge in [-0.3, -0.25) is 4.98 Å². The van der Waals surface area contributed by atoms with Gasteiger partial charge in [0.1, 0.15) is 6.33 Å². The second kappa shape index (κ2) is 8.40. The van der Waals surface area contributed by atoms with E-state index in [4.69, 9.17) is 38.0 Å². The third-order valence-electron chi connectivity index (χ3n) is 6.41. The minimum Gasteiger partial charge on any atom is -0.420 e. The fraction of sp³-hybridized carbons (Fsp3) is 0.0741. The molecule has 1 aliphatic heterocycles. The van der Waals surface area contributed by atoms with E-state index < -0.39 is 0 Å². The highest BCUT2D eigenvalue weighted by Crippen LogP contribution is 2.49. The molecule has 0 spiro atoms. The number of halogens is 2. The Morgan fingerprint density at radius 3 is 2.65 bits per heavy atom. The summed E-state index contributed by atoms with van der Waals surface area (Å²) in [6, 6.07) is 18.9. The van der Waals surface area contributed by atoms with E-state index in [1.807, 2.05) is 73.8 Å². The van der Waals surface area contributed by atoms with Crippen LogP contribution in [0.5, 0.6) is 11.8 Å². The van der Waals surface area contributed by atoms with E-state index >= 15 is 0 Å². The van der Waals surface area contributed by atoms with Gasteiger partial charge in [-0.15, -0.1) is 5.10 Å². The van der Waals surface area contributed by atoms with Crippen molar-refractivity contribution >= 4 is 28.8 Å². The second-order valence-electron chi connectivity index (χ2n) is 8.66. The van der Waals surface area contributed by atoms with Gasteiger partial charge in [-0.25, -0.2) is 19.2 Å². The van der Waals surface area contributed by atoms with E-state index in [-0.39, 0.29) is 5.92 Å². The van der Waals surface area contributed by atoms with Crippen molar-refractivity contribution in [2.75, 3.05) is 0 Å². The normalized spacial score (nSPS) is 14.3. The molecule has 37 heavy (non-hydrogen) atoms. The number of pyridine rings is 1. The Hall–Kier alpha value is -4.27. The Morgan fingerprint density at radius 2 is 1.84 bits per heavy atom. The summed E-state index contributed by atoms with van der Waals surface area (Å²) >= 11 is 12.7. The summed E-state index contributed by atoms with van der Waals surface area (Å²) in [4.78, 5) is 13.9. The molecule has 1 unspecified atom stereocenters. The predicted molar refractivity (Wildman–Crippen MR) is 140 cm³/mol. The Labute approximate surface area is 221 Å². The number of fused-ring (bicyclic) bond motifs is 4. The van der Waals surface area contributed by atoms with Crippen molar-refractivity contribution in [1.82, 2.24) is 34.3 Å². The SMILES string of the molecule is Cc1nn(-c2cccc(Cl)c2)c2c1C(c1cccnc1)c1c(ncn3nc(-c4ccccc4Cl)nc13)O2. The lowest BCUT2D eigenvalue weighted by atomic mass is 9.85. The Balaban J connectivity index is 1.49. The summed E-state index contributed by atoms with van der Waals surface area (Å²) in [5.74, 6) is 1.21. The number of hydrogen-bond donors (Lipinski definition) is 0. The van der Waals surface area contributed by atoms with Gasteiger partial charge in [0.2, 0.25) is 11.8 Å². The molecule has 10 heteroatoms. The monoisotopic (exact) mass is 525 g/mol. The van der Waals surface area contributed by atoms with Crippen LogP contribution in [0.1, 0.15) is 28.3 Å². The summed E-state index contributed by atoms with van der Waals surface area (Å²) in [6.07, 6.45) is 5.19. The number of ether oxygens (including phenoxy) is 1. The van der Waals surface area contributed by atoms with Gasteiger partial charge >= 0.3 is 0 Å². The minimum absolute atomic E-state index is 0.292. The zero-order valence-corrected chi connectivity index (χ0v) is 20.9. The fourth-order valence-electron chi connectivity index (χ4n) is 4.80. The van der Waals surface area contributed by atoms with E-state index in [1.54, 1.807) is 21.7 Å². The molecule has 0 aliphatic carbocycles. The highest BCUT2D eigenvalue weighted by atomic mass is 35.5. The molecule has 1 aliphatic rings. The molecule has 6 aromatic rings. The van der Waals surface area contributed by atoms with Crippen molar-refractivity contribution in [3.8, 4) is 28.8 Å². The van der Waals surface area contributed by atoms with Gasteiger partial charge in [-0.05, 0) is 48.9 Å². The molecule has 8 nitrogen and oxygen atoms in total. The summed E-state index contributed by atoms with van der Waals surface area (Å²) in [6.45, 7) is 1.96. The summed E-state index contributed by atoms with van der Waals surface area (Å²) in [5.41, 5.74) is 5.59. The lowest BCUT2D eigenvalue weighted by Crippen LogP contribution is -2.16. The van der Waals surface area contributed by atoms with Gasteiger partial charge in [0.15, 0.2) is 11.5 Å². The van der Waals surface area contributed by atoms with Crippen molar-refractivity contribution in [2.24, 2.45) is 0 Å². The van der Waals surface area contributed by atoms with Crippen LogP contribution >= 0.6 is 23.2 Å². The Kier molecular flexibility index (Phi) is 4.99. The van der Waals surface area contributed by atoms with Gasteiger partial charge in [-0.1, -0.05) is 47.5 Å². The average Bonchev–Trinajstić information content (AvgIpc) is 3.49. The Morgan fingerprint density at radius 1 is 0.946 bits per heavy atom. The molecule has 1 atom stereocenters. The van der Waals surface area contributed by atoms with Crippen LogP contribution < -0.4 is 4.74 Å². The molecule has 4 aromatic heterocycles. The number of benzene rings is 2. The van der Waals surface area contributed by atoms with Crippen LogP contribution in [0, 0.1) is 6.92 Å². The zero-order chi connectivity index (χ0) is 25.1. The van der Waals surface area contributed by atoms with Crippen molar-refractivity contribution in [1.29, 1.82) is 0 Å². The van der Waals surface area contributed by atoms with E-state index in [0.29, 0.717) is 33.3 Å². The van der Waals surface area contributed by atoms with Crippen LogP contribution in [0.25, 0.3) is 22.7 Å². The molecule has 5 heterocycles. The van der Waals surface area contributed by atoms with Crippen molar-refractivity contribution < 1.29 is 4.74 Å². The fourth-order valence-corrected chi connectivity index (χ4v) is 5.20. The van der Waals surface area contributed by atoms with Crippen LogP contribution in [0.4, 0.5) is 0 Å². The molecule has 0 saturated heterocycles. The second-order valence-corrected chi connectivity index (χ2v) is 9.51. The predicted octanol–water partition coefficient (Wildman–Crippen LogP) is 6.27. The largest absolute Gasteiger partial charge is 0.420 e. The van der Waals surface area contributed by atoms with Crippen molar-refractivity contribution in [3.05, 3.63) is 112 Å². The highest BCUT2D eigenvalue weighted by molar-refractivity contribution is 6.33. The smallest absolute Gasteiger partial charge is 0.230 e. The number of rotatable bonds is 3. The van der Waals surface area contributed by atoms with Crippen LogP contribution in [0.2, 0.25) is 10.0 Å². The first-order valence-corrected chi connectivity index (χ1v) is 12.3. The number of hydrogen-bond acceptors (Lipinski definition) is 6. The molecule has 0 bridgehead atoms. The molecule has 0 fully saturated rings. The first-order chi connectivity index (χ1) is 18.1. The summed E-state index contributed by atoms with van der Waals surface area (Å²) < 4.78 is 9.86. The zero-order valence-electron chi connectivity index (χ0n) is 19.4. The molecule has 2 aromatic carbocycles. The van der Waals surface area contributed by atoms with Crippen LogP contribution in [0.15, 0.2) is 79.4 Å². The first kappa shape index (κ1) is 22.0. The average molecular weight is 526 g/mol. The topological polar surface area (TPSA) is 83.0 Å². The molecule has 180 valence electrons. The molecule has 0 amide bonds. The summed E-state index contributed by atoms with van der Waals surface area (Å²) in [7, 11) is 0. The highest BCUT2D eigenvalue weighted by Gasteiger charge is 2.38.